The molecular formula is C18H23BrN2. The van der Waals surface area contributed by atoms with Gasteiger partial charge in [0.05, 0.1) is 11.7 Å². The number of halogens is 1. The number of aromatic nitrogens is 1. The zero-order chi connectivity index (χ0) is 15.2. The first-order valence-electron chi connectivity index (χ1n) is 7.56. The molecule has 0 bridgehead atoms. The zero-order valence-corrected chi connectivity index (χ0v) is 14.5. The Morgan fingerprint density at radius 2 is 1.71 bits per heavy atom. The number of nitrogens with zero attached hydrogens (tertiary/aromatic N) is 1. The van der Waals surface area contributed by atoms with Crippen molar-refractivity contribution in [2.24, 2.45) is 0 Å². The summed E-state index contributed by atoms with van der Waals surface area (Å²) >= 11 is 3.45. The molecule has 112 valence electrons. The van der Waals surface area contributed by atoms with E-state index >= 15 is 0 Å². The van der Waals surface area contributed by atoms with Gasteiger partial charge in [-0.3, -0.25) is 4.98 Å². The Bertz CT molecular complexity index is 546. The van der Waals surface area contributed by atoms with Crippen molar-refractivity contribution in [1.82, 2.24) is 10.3 Å². The second kappa shape index (κ2) is 7.71. The van der Waals surface area contributed by atoms with Crippen LogP contribution in [0.2, 0.25) is 0 Å². The average Bonchev–Trinajstić information content (AvgIpc) is 2.50. The maximum atomic E-state index is 4.56. The molecule has 1 aromatic heterocycles. The van der Waals surface area contributed by atoms with Gasteiger partial charge in [-0.05, 0) is 58.1 Å². The van der Waals surface area contributed by atoms with E-state index in [0.29, 0.717) is 5.92 Å². The Morgan fingerprint density at radius 1 is 1.05 bits per heavy atom. The lowest BCUT2D eigenvalue weighted by molar-refractivity contribution is 0.586. The highest BCUT2D eigenvalue weighted by atomic mass is 79.9. The highest BCUT2D eigenvalue weighted by molar-refractivity contribution is 9.10. The second-order valence-corrected chi connectivity index (χ2v) is 6.53. The fourth-order valence-corrected chi connectivity index (χ4v) is 2.55. The molecule has 2 rings (SSSR count). The number of hydrogen-bond acceptors (Lipinski definition) is 2. The summed E-state index contributed by atoms with van der Waals surface area (Å²) < 4.78 is 1.01. The van der Waals surface area contributed by atoms with Gasteiger partial charge in [-0.2, -0.15) is 0 Å². The van der Waals surface area contributed by atoms with Crippen molar-refractivity contribution in [3.8, 4) is 0 Å². The van der Waals surface area contributed by atoms with Gasteiger partial charge in [0.25, 0.3) is 0 Å². The third kappa shape index (κ3) is 4.39. The van der Waals surface area contributed by atoms with Crippen LogP contribution < -0.4 is 5.32 Å². The minimum Gasteiger partial charge on any atom is -0.305 e. The summed E-state index contributed by atoms with van der Waals surface area (Å²) in [6.07, 6.45) is 2.97. The average molecular weight is 347 g/mol. The first-order valence-corrected chi connectivity index (χ1v) is 8.35. The van der Waals surface area contributed by atoms with Crippen molar-refractivity contribution in [3.05, 3.63) is 63.9 Å². The molecule has 1 unspecified atom stereocenters. The summed E-state index contributed by atoms with van der Waals surface area (Å²) in [6, 6.07) is 13.1. The lowest BCUT2D eigenvalue weighted by atomic mass is 9.97. The molecule has 0 aliphatic heterocycles. The molecule has 0 saturated heterocycles. The van der Waals surface area contributed by atoms with Gasteiger partial charge < -0.3 is 5.32 Å². The monoisotopic (exact) mass is 346 g/mol. The molecule has 0 saturated carbocycles. The first kappa shape index (κ1) is 16.2. The standard InChI is InChI=1S/C18H23BrN2/c1-4-11-20-18(17-10-9-16(19)12-21-17)15-7-5-14(6-8-15)13(2)3/h5-10,12-13,18,20H,4,11H2,1-3H3. The van der Waals surface area contributed by atoms with Crippen LogP contribution in [-0.4, -0.2) is 11.5 Å². The van der Waals surface area contributed by atoms with Crippen molar-refractivity contribution in [2.75, 3.05) is 6.54 Å². The topological polar surface area (TPSA) is 24.9 Å². The summed E-state index contributed by atoms with van der Waals surface area (Å²) in [6.45, 7) is 7.60. The maximum Gasteiger partial charge on any atom is 0.0751 e. The van der Waals surface area contributed by atoms with Crippen LogP contribution in [0.4, 0.5) is 0 Å². The molecule has 0 radical (unpaired) electrons. The molecule has 21 heavy (non-hydrogen) atoms. The SMILES string of the molecule is CCCNC(c1ccc(C(C)C)cc1)c1ccc(Br)cn1. The number of pyridine rings is 1. The Labute approximate surface area is 136 Å². The van der Waals surface area contributed by atoms with Crippen LogP contribution >= 0.6 is 15.9 Å². The minimum absolute atomic E-state index is 0.152. The number of benzene rings is 1. The predicted molar refractivity (Wildman–Crippen MR) is 92.6 cm³/mol. The molecule has 3 heteroatoms. The predicted octanol–water partition coefficient (Wildman–Crippen LogP) is 5.06. The minimum atomic E-state index is 0.152. The van der Waals surface area contributed by atoms with E-state index in [2.05, 4.69) is 77.3 Å². The van der Waals surface area contributed by atoms with E-state index in [0.717, 1.165) is 23.1 Å². The normalized spacial score (nSPS) is 12.6. The molecule has 1 atom stereocenters. The fourth-order valence-electron chi connectivity index (χ4n) is 2.31. The number of rotatable bonds is 6. The third-order valence-corrected chi connectivity index (χ3v) is 4.05. The molecule has 0 fully saturated rings. The molecule has 1 N–H and O–H groups in total. The fraction of sp³-hybridized carbons (Fsp3) is 0.389. The molecule has 0 aliphatic carbocycles. The van der Waals surface area contributed by atoms with E-state index < -0.39 is 0 Å². The van der Waals surface area contributed by atoms with E-state index in [1.165, 1.54) is 11.1 Å². The van der Waals surface area contributed by atoms with E-state index in [-0.39, 0.29) is 6.04 Å². The van der Waals surface area contributed by atoms with Gasteiger partial charge in [-0.15, -0.1) is 0 Å². The summed E-state index contributed by atoms with van der Waals surface area (Å²) in [5.41, 5.74) is 3.70. The Morgan fingerprint density at radius 3 is 2.24 bits per heavy atom. The summed E-state index contributed by atoms with van der Waals surface area (Å²) in [4.78, 5) is 4.56. The van der Waals surface area contributed by atoms with Crippen LogP contribution in [0.3, 0.4) is 0 Å². The highest BCUT2D eigenvalue weighted by Crippen LogP contribution is 2.24. The van der Waals surface area contributed by atoms with Gasteiger partial charge in [0.15, 0.2) is 0 Å². The quantitative estimate of drug-likeness (QED) is 0.790. The lowest BCUT2D eigenvalue weighted by Crippen LogP contribution is -2.24. The van der Waals surface area contributed by atoms with Crippen molar-refractivity contribution in [3.63, 3.8) is 0 Å². The first-order chi connectivity index (χ1) is 10.1. The van der Waals surface area contributed by atoms with E-state index in [1.807, 2.05) is 12.3 Å². The van der Waals surface area contributed by atoms with E-state index in [4.69, 9.17) is 0 Å². The van der Waals surface area contributed by atoms with E-state index in [1.54, 1.807) is 0 Å². The molecule has 1 aromatic carbocycles. The lowest BCUT2D eigenvalue weighted by Gasteiger charge is -2.19. The van der Waals surface area contributed by atoms with Crippen molar-refractivity contribution >= 4 is 15.9 Å². The summed E-state index contributed by atoms with van der Waals surface area (Å²) in [5.74, 6) is 0.562. The summed E-state index contributed by atoms with van der Waals surface area (Å²) in [5, 5.41) is 3.59. The molecule has 0 spiro atoms. The molecule has 0 aliphatic rings. The van der Waals surface area contributed by atoms with E-state index in [9.17, 15) is 0 Å². The van der Waals surface area contributed by atoms with Crippen molar-refractivity contribution in [1.29, 1.82) is 0 Å². The highest BCUT2D eigenvalue weighted by Gasteiger charge is 2.14. The number of hydrogen-bond donors (Lipinski definition) is 1. The molecule has 2 aromatic rings. The Balaban J connectivity index is 2.28. The van der Waals surface area contributed by atoms with Crippen LogP contribution in [0.25, 0.3) is 0 Å². The third-order valence-electron chi connectivity index (χ3n) is 3.58. The smallest absolute Gasteiger partial charge is 0.0751 e. The van der Waals surface area contributed by atoms with Gasteiger partial charge in [0.2, 0.25) is 0 Å². The largest absolute Gasteiger partial charge is 0.305 e. The Kier molecular flexibility index (Phi) is 5.95. The van der Waals surface area contributed by atoms with Gasteiger partial charge >= 0.3 is 0 Å². The molecule has 0 amide bonds. The van der Waals surface area contributed by atoms with Crippen LogP contribution in [0.5, 0.6) is 0 Å². The van der Waals surface area contributed by atoms with Crippen LogP contribution in [0.15, 0.2) is 47.1 Å². The van der Waals surface area contributed by atoms with Crippen molar-refractivity contribution in [2.45, 2.75) is 39.2 Å². The summed E-state index contributed by atoms with van der Waals surface area (Å²) in [7, 11) is 0. The van der Waals surface area contributed by atoms with Gasteiger partial charge in [0, 0.05) is 10.7 Å². The van der Waals surface area contributed by atoms with Gasteiger partial charge in [0.1, 0.15) is 0 Å². The van der Waals surface area contributed by atoms with Crippen LogP contribution in [-0.2, 0) is 0 Å². The molecule has 1 heterocycles. The maximum absolute atomic E-state index is 4.56. The molecule has 2 nitrogen and oxygen atoms in total. The second-order valence-electron chi connectivity index (χ2n) is 5.61. The van der Waals surface area contributed by atoms with Gasteiger partial charge in [-0.25, -0.2) is 0 Å². The molecular weight excluding hydrogens is 324 g/mol. The van der Waals surface area contributed by atoms with Crippen LogP contribution in [0, 0.1) is 0 Å². The van der Waals surface area contributed by atoms with Gasteiger partial charge in [-0.1, -0.05) is 45.0 Å². The zero-order valence-electron chi connectivity index (χ0n) is 12.9. The van der Waals surface area contributed by atoms with Crippen LogP contribution in [0.1, 0.15) is 56.0 Å². The number of nitrogens with one attached hydrogen (secondary N) is 1. The Hall–Kier alpha value is -1.19. The van der Waals surface area contributed by atoms with Crippen molar-refractivity contribution < 1.29 is 0 Å².